The summed E-state index contributed by atoms with van der Waals surface area (Å²) >= 11 is 0. The molecule has 1 aliphatic rings. The van der Waals surface area contributed by atoms with E-state index in [-0.39, 0.29) is 23.1 Å². The van der Waals surface area contributed by atoms with Crippen molar-refractivity contribution in [1.29, 1.82) is 0 Å². The van der Waals surface area contributed by atoms with Gasteiger partial charge in [-0.15, -0.1) is 0 Å². The number of amides is 2. The highest BCUT2D eigenvalue weighted by atomic mass is 16.2. The van der Waals surface area contributed by atoms with Crippen LogP contribution < -0.4 is 0 Å². The van der Waals surface area contributed by atoms with Crippen LogP contribution in [0.3, 0.4) is 0 Å². The van der Waals surface area contributed by atoms with Crippen LogP contribution in [0.1, 0.15) is 51.8 Å². The van der Waals surface area contributed by atoms with Gasteiger partial charge in [0, 0.05) is 33.3 Å². The van der Waals surface area contributed by atoms with Crippen molar-refractivity contribution in [2.45, 2.75) is 53.5 Å². The monoisotopic (exact) mass is 359 g/mol. The van der Waals surface area contributed by atoms with Gasteiger partial charge in [0.05, 0.1) is 17.7 Å². The molecule has 1 aromatic rings. The molecule has 0 aromatic carbocycles. The van der Waals surface area contributed by atoms with Gasteiger partial charge in [0.15, 0.2) is 0 Å². The quantitative estimate of drug-likeness (QED) is 0.811. The molecule has 5 heteroatoms. The zero-order valence-electron chi connectivity index (χ0n) is 17.3. The molecule has 0 radical (unpaired) electrons. The van der Waals surface area contributed by atoms with Crippen molar-refractivity contribution in [2.24, 2.45) is 16.7 Å². The maximum atomic E-state index is 13.3. The summed E-state index contributed by atoms with van der Waals surface area (Å²) < 4.78 is 0. The maximum Gasteiger partial charge on any atom is 0.229 e. The predicted molar refractivity (Wildman–Crippen MR) is 103 cm³/mol. The maximum absolute atomic E-state index is 13.3. The van der Waals surface area contributed by atoms with E-state index in [4.69, 9.17) is 0 Å². The first-order valence-corrected chi connectivity index (χ1v) is 9.45. The van der Waals surface area contributed by atoms with Gasteiger partial charge in [-0.3, -0.25) is 14.6 Å². The minimum absolute atomic E-state index is 0.0953. The summed E-state index contributed by atoms with van der Waals surface area (Å²) in [7, 11) is 5.40. The lowest BCUT2D eigenvalue weighted by atomic mass is 9.64. The number of hydrogen-bond acceptors (Lipinski definition) is 3. The van der Waals surface area contributed by atoms with Gasteiger partial charge < -0.3 is 9.80 Å². The molecule has 2 atom stereocenters. The Morgan fingerprint density at radius 1 is 1.19 bits per heavy atom. The van der Waals surface area contributed by atoms with Gasteiger partial charge in [0.25, 0.3) is 0 Å². The third-order valence-corrected chi connectivity index (χ3v) is 6.48. The second-order valence-electron chi connectivity index (χ2n) is 8.55. The number of nitrogens with zero attached hydrogens (tertiary/aromatic N) is 3. The summed E-state index contributed by atoms with van der Waals surface area (Å²) in [5, 5.41) is 0. The molecule has 0 aliphatic heterocycles. The van der Waals surface area contributed by atoms with E-state index >= 15 is 0 Å². The van der Waals surface area contributed by atoms with Gasteiger partial charge >= 0.3 is 0 Å². The minimum Gasteiger partial charge on any atom is -0.349 e. The number of carbonyl (C=O) groups excluding carboxylic acids is 2. The third kappa shape index (κ3) is 3.49. The standard InChI is InChI=1S/C21H33N3O2/c1-8-15-9-10-16(22-13-15)14-24(7)19(26)21(4)12-11-17(20(21,2)3)18(25)23(5)6/h9-10,13,17H,8,11-12,14H2,1-7H3. The van der Waals surface area contributed by atoms with Gasteiger partial charge in [0.1, 0.15) is 0 Å². The summed E-state index contributed by atoms with van der Waals surface area (Å²) in [5.41, 5.74) is 1.13. The Labute approximate surface area is 157 Å². The van der Waals surface area contributed by atoms with Crippen LogP contribution in [0, 0.1) is 16.7 Å². The average molecular weight is 360 g/mol. The van der Waals surface area contributed by atoms with Gasteiger partial charge in [0.2, 0.25) is 11.8 Å². The largest absolute Gasteiger partial charge is 0.349 e. The van der Waals surface area contributed by atoms with Crippen LogP contribution in [0.25, 0.3) is 0 Å². The highest BCUT2D eigenvalue weighted by molar-refractivity contribution is 5.87. The third-order valence-electron chi connectivity index (χ3n) is 6.48. The number of carbonyl (C=O) groups is 2. The smallest absolute Gasteiger partial charge is 0.229 e. The van der Waals surface area contributed by atoms with Crippen LogP contribution in [-0.4, -0.2) is 47.7 Å². The summed E-state index contributed by atoms with van der Waals surface area (Å²) in [4.78, 5) is 33.8. The Morgan fingerprint density at radius 2 is 1.85 bits per heavy atom. The van der Waals surface area contributed by atoms with E-state index < -0.39 is 5.41 Å². The summed E-state index contributed by atoms with van der Waals surface area (Å²) in [6, 6.07) is 4.05. The fourth-order valence-corrected chi connectivity index (χ4v) is 4.12. The van der Waals surface area contributed by atoms with Crippen molar-refractivity contribution < 1.29 is 9.59 Å². The molecule has 1 aromatic heterocycles. The zero-order chi connectivity index (χ0) is 19.7. The second kappa shape index (κ2) is 7.37. The zero-order valence-corrected chi connectivity index (χ0v) is 17.3. The van der Waals surface area contributed by atoms with E-state index in [1.165, 1.54) is 5.56 Å². The van der Waals surface area contributed by atoms with Crippen molar-refractivity contribution >= 4 is 11.8 Å². The first kappa shape index (κ1) is 20.4. The lowest BCUT2D eigenvalue weighted by molar-refractivity contribution is -0.149. The second-order valence-corrected chi connectivity index (χ2v) is 8.55. The molecule has 2 amide bonds. The molecule has 2 unspecified atom stereocenters. The van der Waals surface area contributed by atoms with E-state index in [0.717, 1.165) is 25.0 Å². The first-order valence-electron chi connectivity index (χ1n) is 9.45. The van der Waals surface area contributed by atoms with Crippen molar-refractivity contribution in [1.82, 2.24) is 14.8 Å². The Hall–Kier alpha value is -1.91. The van der Waals surface area contributed by atoms with Crippen LogP contribution in [0.5, 0.6) is 0 Å². The molecule has 0 bridgehead atoms. The van der Waals surface area contributed by atoms with Crippen molar-refractivity contribution in [2.75, 3.05) is 21.1 Å². The SMILES string of the molecule is CCc1ccc(CN(C)C(=O)C2(C)CCC(C(=O)N(C)C)C2(C)C)nc1. The van der Waals surface area contributed by atoms with E-state index in [1.807, 2.05) is 26.2 Å². The van der Waals surface area contributed by atoms with Crippen LogP contribution >= 0.6 is 0 Å². The summed E-state index contributed by atoms with van der Waals surface area (Å²) in [5.74, 6) is 0.0886. The lowest BCUT2D eigenvalue weighted by Gasteiger charge is -2.42. The molecule has 1 saturated carbocycles. The van der Waals surface area contributed by atoms with Crippen LogP contribution in [-0.2, 0) is 22.6 Å². The predicted octanol–water partition coefficient (Wildman–Crippen LogP) is 3.13. The molecule has 0 N–H and O–H groups in total. The summed E-state index contributed by atoms with van der Waals surface area (Å²) in [6.07, 6.45) is 4.31. The van der Waals surface area contributed by atoms with Gasteiger partial charge in [-0.2, -0.15) is 0 Å². The molecule has 1 aliphatic carbocycles. The lowest BCUT2D eigenvalue weighted by Crippen LogP contribution is -2.49. The fraction of sp³-hybridized carbons (Fsp3) is 0.667. The number of pyridine rings is 1. The normalized spacial score (nSPS) is 24.3. The highest BCUT2D eigenvalue weighted by Crippen LogP contribution is 2.57. The van der Waals surface area contributed by atoms with Gasteiger partial charge in [-0.1, -0.05) is 33.8 Å². The van der Waals surface area contributed by atoms with Gasteiger partial charge in [-0.25, -0.2) is 0 Å². The van der Waals surface area contributed by atoms with E-state index in [0.29, 0.717) is 6.54 Å². The Bertz CT molecular complexity index is 666. The molecule has 0 saturated heterocycles. The van der Waals surface area contributed by atoms with E-state index in [2.05, 4.69) is 31.8 Å². The topological polar surface area (TPSA) is 53.5 Å². The highest BCUT2D eigenvalue weighted by Gasteiger charge is 2.58. The van der Waals surface area contributed by atoms with Crippen LogP contribution in [0.15, 0.2) is 18.3 Å². The molecule has 1 fully saturated rings. The first-order chi connectivity index (χ1) is 12.0. The van der Waals surface area contributed by atoms with Crippen molar-refractivity contribution in [3.8, 4) is 0 Å². The van der Waals surface area contributed by atoms with E-state index in [1.54, 1.807) is 23.9 Å². The van der Waals surface area contributed by atoms with Crippen molar-refractivity contribution in [3.05, 3.63) is 29.6 Å². The molecule has 144 valence electrons. The average Bonchev–Trinajstić information content (AvgIpc) is 2.84. The molecular formula is C21H33N3O2. The van der Waals surface area contributed by atoms with E-state index in [9.17, 15) is 9.59 Å². The minimum atomic E-state index is -0.554. The number of rotatable bonds is 5. The van der Waals surface area contributed by atoms with Crippen molar-refractivity contribution in [3.63, 3.8) is 0 Å². The Kier molecular flexibility index (Phi) is 5.79. The van der Waals surface area contributed by atoms with Crippen LogP contribution in [0.4, 0.5) is 0 Å². The number of hydrogen-bond donors (Lipinski definition) is 0. The molecule has 0 spiro atoms. The Balaban J connectivity index is 2.17. The molecule has 2 rings (SSSR count). The summed E-state index contributed by atoms with van der Waals surface area (Å²) in [6.45, 7) is 8.72. The number of aromatic nitrogens is 1. The molecular weight excluding hydrogens is 326 g/mol. The fourth-order valence-electron chi connectivity index (χ4n) is 4.12. The van der Waals surface area contributed by atoms with Crippen LogP contribution in [0.2, 0.25) is 0 Å². The number of aryl methyl sites for hydroxylation is 1. The Morgan fingerprint density at radius 3 is 2.35 bits per heavy atom. The molecule has 26 heavy (non-hydrogen) atoms. The molecule has 1 heterocycles. The molecule has 5 nitrogen and oxygen atoms in total. The van der Waals surface area contributed by atoms with Gasteiger partial charge in [-0.05, 0) is 36.3 Å².